The van der Waals surface area contributed by atoms with Crippen LogP contribution in [0.3, 0.4) is 0 Å². The fourth-order valence-corrected chi connectivity index (χ4v) is 1.99. The number of nitrogens with zero attached hydrogens (tertiary/aromatic N) is 1. The monoisotopic (exact) mass is 359 g/mol. The third-order valence-electron chi connectivity index (χ3n) is 2.32. The first-order chi connectivity index (χ1) is 8.97. The fourth-order valence-electron chi connectivity index (χ4n) is 1.41. The van der Waals surface area contributed by atoms with Crippen LogP contribution in [0, 0.1) is 0 Å². The van der Waals surface area contributed by atoms with E-state index in [1.807, 2.05) is 0 Å². The van der Waals surface area contributed by atoms with Crippen LogP contribution in [0.1, 0.15) is 10.4 Å². The van der Waals surface area contributed by atoms with Gasteiger partial charge in [0, 0.05) is 10.2 Å². The summed E-state index contributed by atoms with van der Waals surface area (Å²) in [5, 5.41) is 3.38. The van der Waals surface area contributed by atoms with Crippen molar-refractivity contribution in [2.75, 3.05) is 11.1 Å². The summed E-state index contributed by atoms with van der Waals surface area (Å²) < 4.78 is 0.749. The molecule has 0 radical (unpaired) electrons. The first-order valence-electron chi connectivity index (χ1n) is 5.15. The van der Waals surface area contributed by atoms with Gasteiger partial charge in [0.1, 0.15) is 5.15 Å². The van der Waals surface area contributed by atoms with Gasteiger partial charge in [-0.25, -0.2) is 4.98 Å². The summed E-state index contributed by atoms with van der Waals surface area (Å²) in [5.41, 5.74) is 6.76. The van der Waals surface area contributed by atoms with Gasteiger partial charge in [0.15, 0.2) is 0 Å². The molecule has 0 saturated heterocycles. The maximum absolute atomic E-state index is 12.1. The highest BCUT2D eigenvalue weighted by Gasteiger charge is 2.12. The minimum absolute atomic E-state index is 0.202. The lowest BCUT2D eigenvalue weighted by atomic mass is 10.2. The number of benzene rings is 1. The topological polar surface area (TPSA) is 68.0 Å². The number of aromatic nitrogens is 1. The highest BCUT2D eigenvalue weighted by Crippen LogP contribution is 2.26. The number of nitrogen functional groups attached to an aromatic ring is 1. The van der Waals surface area contributed by atoms with Crippen molar-refractivity contribution in [3.63, 3.8) is 0 Å². The van der Waals surface area contributed by atoms with Crippen LogP contribution in [0.2, 0.25) is 10.2 Å². The average molecular weight is 361 g/mol. The second-order valence-electron chi connectivity index (χ2n) is 3.68. The summed E-state index contributed by atoms with van der Waals surface area (Å²) in [6.07, 6.45) is 1.34. The van der Waals surface area contributed by atoms with Crippen LogP contribution in [-0.2, 0) is 0 Å². The lowest BCUT2D eigenvalue weighted by Crippen LogP contribution is -2.14. The Kier molecular flexibility index (Phi) is 4.29. The van der Waals surface area contributed by atoms with Crippen LogP contribution in [0.25, 0.3) is 0 Å². The molecule has 4 nitrogen and oxygen atoms in total. The van der Waals surface area contributed by atoms with Crippen molar-refractivity contribution < 1.29 is 4.79 Å². The quantitative estimate of drug-likeness (QED) is 0.795. The van der Waals surface area contributed by atoms with Crippen molar-refractivity contribution in [1.82, 2.24) is 4.98 Å². The number of rotatable bonds is 2. The summed E-state index contributed by atoms with van der Waals surface area (Å²) in [6, 6.07) is 6.49. The van der Waals surface area contributed by atoms with E-state index >= 15 is 0 Å². The summed E-state index contributed by atoms with van der Waals surface area (Å²) >= 11 is 15.0. The van der Waals surface area contributed by atoms with Crippen LogP contribution >= 0.6 is 39.1 Å². The summed E-state index contributed by atoms with van der Waals surface area (Å²) in [4.78, 5) is 15.8. The summed E-state index contributed by atoms with van der Waals surface area (Å²) in [6.45, 7) is 0. The molecule has 0 atom stereocenters. The predicted octanol–water partition coefficient (Wildman–Crippen LogP) is 3.99. The molecule has 0 saturated carbocycles. The van der Waals surface area contributed by atoms with Gasteiger partial charge in [0.05, 0.1) is 22.5 Å². The number of amides is 1. The molecule has 0 bridgehead atoms. The molecule has 1 aromatic heterocycles. The van der Waals surface area contributed by atoms with Gasteiger partial charge in [0.25, 0.3) is 5.91 Å². The molecule has 0 aliphatic rings. The molecule has 0 aliphatic heterocycles. The van der Waals surface area contributed by atoms with Crippen LogP contribution in [0.5, 0.6) is 0 Å². The Morgan fingerprint density at radius 1 is 1.32 bits per heavy atom. The third-order valence-corrected chi connectivity index (χ3v) is 3.76. The van der Waals surface area contributed by atoms with Crippen molar-refractivity contribution >= 4 is 56.4 Å². The highest BCUT2D eigenvalue weighted by molar-refractivity contribution is 9.10. The Labute approximate surface area is 128 Å². The molecule has 2 rings (SSSR count). The Bertz CT molecular complexity index is 649. The fraction of sp³-hybridized carbons (Fsp3) is 0. The number of carbonyl (C=O) groups is 1. The molecular formula is C12H8BrCl2N3O. The second kappa shape index (κ2) is 5.77. The van der Waals surface area contributed by atoms with Crippen LogP contribution in [0.4, 0.5) is 11.4 Å². The number of carbonyl (C=O) groups excluding carboxylic acids is 1. The number of hydrogen-bond acceptors (Lipinski definition) is 3. The number of pyridine rings is 1. The van der Waals surface area contributed by atoms with Gasteiger partial charge in [-0.15, -0.1) is 0 Å². The molecule has 1 heterocycles. The van der Waals surface area contributed by atoms with E-state index in [2.05, 4.69) is 26.2 Å². The second-order valence-corrected chi connectivity index (χ2v) is 5.33. The molecule has 0 fully saturated rings. The molecule has 3 N–H and O–H groups in total. The molecule has 7 heteroatoms. The first-order valence-corrected chi connectivity index (χ1v) is 6.69. The Hall–Kier alpha value is -1.30. The van der Waals surface area contributed by atoms with Crippen LogP contribution < -0.4 is 11.1 Å². The number of nitrogens with one attached hydrogen (secondary N) is 1. The van der Waals surface area contributed by atoms with Gasteiger partial charge < -0.3 is 11.1 Å². The summed E-state index contributed by atoms with van der Waals surface area (Å²) in [7, 11) is 0. The van der Waals surface area contributed by atoms with E-state index in [0.717, 1.165) is 4.47 Å². The van der Waals surface area contributed by atoms with Crippen molar-refractivity contribution in [3.8, 4) is 0 Å². The zero-order chi connectivity index (χ0) is 14.0. The van der Waals surface area contributed by atoms with E-state index in [1.54, 1.807) is 18.2 Å². The molecular weight excluding hydrogens is 353 g/mol. The Balaban J connectivity index is 2.25. The number of anilines is 2. The lowest BCUT2D eigenvalue weighted by Gasteiger charge is -2.08. The van der Waals surface area contributed by atoms with Crippen molar-refractivity contribution in [2.24, 2.45) is 0 Å². The number of halogens is 3. The van der Waals surface area contributed by atoms with Crippen LogP contribution in [-0.4, -0.2) is 10.9 Å². The van der Waals surface area contributed by atoms with E-state index in [1.165, 1.54) is 12.3 Å². The largest absolute Gasteiger partial charge is 0.397 e. The zero-order valence-corrected chi connectivity index (χ0v) is 12.6. The van der Waals surface area contributed by atoms with Gasteiger partial charge in [-0.05, 0) is 40.2 Å². The SMILES string of the molecule is Nc1cnc(Cl)cc1C(=O)Nc1ccc(Br)c(Cl)c1. The van der Waals surface area contributed by atoms with Gasteiger partial charge in [0.2, 0.25) is 0 Å². The van der Waals surface area contributed by atoms with Crippen molar-refractivity contribution in [3.05, 3.63) is 50.7 Å². The molecule has 98 valence electrons. The zero-order valence-electron chi connectivity index (χ0n) is 9.45. The first kappa shape index (κ1) is 14.1. The van der Waals surface area contributed by atoms with E-state index in [-0.39, 0.29) is 22.3 Å². The average Bonchev–Trinajstić information content (AvgIpc) is 2.36. The minimum atomic E-state index is -0.375. The normalized spacial score (nSPS) is 10.3. The van der Waals surface area contributed by atoms with Gasteiger partial charge in [-0.2, -0.15) is 0 Å². The molecule has 0 unspecified atom stereocenters. The molecule has 2 aromatic rings. The third kappa shape index (κ3) is 3.37. The predicted molar refractivity (Wildman–Crippen MR) is 80.8 cm³/mol. The maximum atomic E-state index is 12.1. The molecule has 0 spiro atoms. The van der Waals surface area contributed by atoms with E-state index < -0.39 is 0 Å². The van der Waals surface area contributed by atoms with E-state index in [0.29, 0.717) is 10.7 Å². The Morgan fingerprint density at radius 3 is 2.74 bits per heavy atom. The number of nitrogens with two attached hydrogens (primary N) is 1. The molecule has 0 aliphatic carbocycles. The van der Waals surface area contributed by atoms with Crippen molar-refractivity contribution in [1.29, 1.82) is 0 Å². The molecule has 1 amide bonds. The minimum Gasteiger partial charge on any atom is -0.397 e. The van der Waals surface area contributed by atoms with Crippen LogP contribution in [0.15, 0.2) is 34.9 Å². The van der Waals surface area contributed by atoms with Gasteiger partial charge >= 0.3 is 0 Å². The van der Waals surface area contributed by atoms with Gasteiger partial charge in [-0.1, -0.05) is 23.2 Å². The number of hydrogen-bond donors (Lipinski definition) is 2. The van der Waals surface area contributed by atoms with E-state index in [4.69, 9.17) is 28.9 Å². The Morgan fingerprint density at radius 2 is 2.05 bits per heavy atom. The smallest absolute Gasteiger partial charge is 0.257 e. The van der Waals surface area contributed by atoms with Gasteiger partial charge in [-0.3, -0.25) is 4.79 Å². The highest BCUT2D eigenvalue weighted by atomic mass is 79.9. The van der Waals surface area contributed by atoms with E-state index in [9.17, 15) is 4.79 Å². The lowest BCUT2D eigenvalue weighted by molar-refractivity contribution is 0.102. The standard InChI is InChI=1S/C12H8BrCl2N3O/c13-8-2-1-6(3-9(8)14)18-12(19)7-4-11(15)17-5-10(7)16/h1-5H,16H2,(H,18,19). The summed E-state index contributed by atoms with van der Waals surface area (Å²) in [5.74, 6) is -0.375. The maximum Gasteiger partial charge on any atom is 0.257 e. The molecule has 19 heavy (non-hydrogen) atoms. The van der Waals surface area contributed by atoms with Crippen molar-refractivity contribution in [2.45, 2.75) is 0 Å². The molecule has 1 aromatic carbocycles.